The number of H-pyrrole nitrogens is 1. The van der Waals surface area contributed by atoms with E-state index in [0.717, 1.165) is 9.95 Å². The van der Waals surface area contributed by atoms with E-state index in [1.165, 1.54) is 10.9 Å². The summed E-state index contributed by atoms with van der Waals surface area (Å²) >= 11 is 12.4. The van der Waals surface area contributed by atoms with Crippen LogP contribution in [-0.2, 0) is 0 Å². The summed E-state index contributed by atoms with van der Waals surface area (Å²) in [6.45, 7) is 0. The molecule has 0 fully saturated rings. The van der Waals surface area contributed by atoms with Crippen molar-refractivity contribution in [3.05, 3.63) is 110 Å². The molecule has 8 nitrogen and oxygen atoms in total. The number of nitrogens with zero attached hydrogens (tertiary/aromatic N) is 5. The predicted molar refractivity (Wildman–Crippen MR) is 136 cm³/mol. The lowest BCUT2D eigenvalue weighted by atomic mass is 10.1. The first kappa shape index (κ1) is 21.3. The largest absolute Gasteiger partial charge is 0.333 e. The van der Waals surface area contributed by atoms with Gasteiger partial charge in [-0.2, -0.15) is 0 Å². The molecule has 0 radical (unpaired) electrons. The second kappa shape index (κ2) is 8.19. The summed E-state index contributed by atoms with van der Waals surface area (Å²) < 4.78 is 2.47. The zero-order chi connectivity index (χ0) is 24.1. The summed E-state index contributed by atoms with van der Waals surface area (Å²) in [5.74, 6) is 0. The molecule has 0 saturated carbocycles. The molecule has 1 N–H and O–H groups in total. The van der Waals surface area contributed by atoms with E-state index in [2.05, 4.69) is 20.3 Å². The molecule has 0 bridgehead atoms. The summed E-state index contributed by atoms with van der Waals surface area (Å²) in [5.41, 5.74) is 1.14. The van der Waals surface area contributed by atoms with Crippen molar-refractivity contribution >= 4 is 45.0 Å². The van der Waals surface area contributed by atoms with Crippen molar-refractivity contribution in [2.45, 2.75) is 0 Å². The molecule has 3 aromatic carbocycles. The Hall–Kier alpha value is -4.27. The van der Waals surface area contributed by atoms with Crippen LogP contribution in [0.5, 0.6) is 0 Å². The van der Waals surface area contributed by atoms with Crippen LogP contribution >= 0.6 is 23.2 Å². The molecule has 35 heavy (non-hydrogen) atoms. The van der Waals surface area contributed by atoms with E-state index in [1.807, 2.05) is 36.4 Å². The van der Waals surface area contributed by atoms with E-state index in [1.54, 1.807) is 36.5 Å². The fraction of sp³-hybridized carbons (Fsp3) is 0. The Morgan fingerprint density at radius 1 is 0.857 bits per heavy atom. The highest BCUT2D eigenvalue weighted by Gasteiger charge is 2.22. The second-order valence-electron chi connectivity index (χ2n) is 7.79. The molecular formula is C25H14Cl2N6O2. The van der Waals surface area contributed by atoms with Crippen molar-refractivity contribution in [2.24, 2.45) is 0 Å². The highest BCUT2D eigenvalue weighted by atomic mass is 35.5. The maximum absolute atomic E-state index is 14.1. The van der Waals surface area contributed by atoms with Gasteiger partial charge >= 0.3 is 5.69 Å². The molecule has 0 amide bonds. The molecule has 0 aliphatic carbocycles. The van der Waals surface area contributed by atoms with Crippen molar-refractivity contribution in [2.75, 3.05) is 0 Å². The summed E-state index contributed by atoms with van der Waals surface area (Å²) in [4.78, 5) is 34.6. The van der Waals surface area contributed by atoms with Crippen LogP contribution in [0, 0.1) is 0 Å². The van der Waals surface area contributed by atoms with E-state index in [-0.39, 0.29) is 16.4 Å². The average Bonchev–Trinajstić information content (AvgIpc) is 3.29. The summed E-state index contributed by atoms with van der Waals surface area (Å²) in [6, 6.07) is 19.5. The lowest BCUT2D eigenvalue weighted by Crippen LogP contribution is -2.37. The van der Waals surface area contributed by atoms with Gasteiger partial charge < -0.3 is 4.98 Å². The second-order valence-corrected chi connectivity index (χ2v) is 8.61. The van der Waals surface area contributed by atoms with E-state index in [4.69, 9.17) is 23.2 Å². The Balaban J connectivity index is 1.75. The lowest BCUT2D eigenvalue weighted by molar-refractivity contribution is 0.779. The molecule has 0 spiro atoms. The summed E-state index contributed by atoms with van der Waals surface area (Å²) in [7, 11) is 0. The van der Waals surface area contributed by atoms with Gasteiger partial charge in [-0.25, -0.2) is 14.0 Å². The van der Waals surface area contributed by atoms with Gasteiger partial charge in [0, 0.05) is 22.5 Å². The number of aromatic nitrogens is 6. The zero-order valence-corrected chi connectivity index (χ0v) is 19.3. The number of rotatable bonds is 3. The standard InChI is InChI=1S/C25H14Cl2N6O2/c26-17-10-9-14(11-18(17)27)22-23(33-20-8-4-3-7-19(20)30-31-33)24(34)32(25(35)29-22)21-13-28-12-15-5-1-2-6-16(15)21/h1-13H,(H,29,35). The highest BCUT2D eigenvalue weighted by molar-refractivity contribution is 6.42. The van der Waals surface area contributed by atoms with Crippen LogP contribution in [0.25, 0.3) is 44.4 Å². The molecule has 0 atom stereocenters. The number of hydrogen-bond donors (Lipinski definition) is 1. The third kappa shape index (κ3) is 3.42. The summed E-state index contributed by atoms with van der Waals surface area (Å²) in [6.07, 6.45) is 3.16. The van der Waals surface area contributed by atoms with Crippen molar-refractivity contribution in [3.8, 4) is 22.6 Å². The van der Waals surface area contributed by atoms with Crippen molar-refractivity contribution in [1.29, 1.82) is 0 Å². The number of hydrogen-bond acceptors (Lipinski definition) is 5. The van der Waals surface area contributed by atoms with Crippen molar-refractivity contribution < 1.29 is 0 Å². The van der Waals surface area contributed by atoms with Gasteiger partial charge in [0.15, 0.2) is 5.69 Å². The van der Waals surface area contributed by atoms with E-state index in [0.29, 0.717) is 32.7 Å². The Morgan fingerprint density at radius 3 is 2.51 bits per heavy atom. The number of pyridine rings is 1. The topological polar surface area (TPSA) is 98.5 Å². The number of fused-ring (bicyclic) bond motifs is 2. The number of aromatic amines is 1. The van der Waals surface area contributed by atoms with Gasteiger partial charge in [0.05, 0.1) is 33.1 Å². The monoisotopic (exact) mass is 500 g/mol. The van der Waals surface area contributed by atoms with Gasteiger partial charge in [-0.1, -0.05) is 70.9 Å². The number of halogens is 2. The maximum Gasteiger partial charge on any atom is 0.333 e. The maximum atomic E-state index is 14.1. The third-order valence-corrected chi connectivity index (χ3v) is 6.48. The van der Waals surface area contributed by atoms with Crippen LogP contribution in [0.3, 0.4) is 0 Å². The van der Waals surface area contributed by atoms with Gasteiger partial charge in [0.2, 0.25) is 0 Å². The van der Waals surface area contributed by atoms with Crippen molar-refractivity contribution in [1.82, 2.24) is 29.5 Å². The van der Waals surface area contributed by atoms with Crippen LogP contribution in [0.1, 0.15) is 0 Å². The van der Waals surface area contributed by atoms with Gasteiger partial charge in [0.25, 0.3) is 5.56 Å². The molecule has 0 unspecified atom stereocenters. The lowest BCUT2D eigenvalue weighted by Gasteiger charge is -2.14. The molecule has 0 aliphatic rings. The van der Waals surface area contributed by atoms with Gasteiger partial charge in [0.1, 0.15) is 5.52 Å². The molecular weight excluding hydrogens is 487 g/mol. The van der Waals surface area contributed by atoms with Gasteiger partial charge in [-0.05, 0) is 24.3 Å². The minimum Gasteiger partial charge on any atom is -0.304 e. The Kier molecular flexibility index (Phi) is 4.98. The molecule has 3 heterocycles. The average molecular weight is 501 g/mol. The van der Waals surface area contributed by atoms with Crippen LogP contribution in [-0.4, -0.2) is 29.5 Å². The molecule has 6 rings (SSSR count). The zero-order valence-electron chi connectivity index (χ0n) is 17.8. The molecule has 170 valence electrons. The van der Waals surface area contributed by atoms with Gasteiger partial charge in [-0.15, -0.1) is 5.10 Å². The van der Waals surface area contributed by atoms with Crippen LogP contribution in [0.2, 0.25) is 10.0 Å². The quantitative estimate of drug-likeness (QED) is 0.376. The number of nitrogens with one attached hydrogen (secondary N) is 1. The predicted octanol–water partition coefficient (Wildman–Crippen LogP) is 4.78. The minimum absolute atomic E-state index is 0.102. The van der Waals surface area contributed by atoms with E-state index >= 15 is 0 Å². The van der Waals surface area contributed by atoms with Crippen LogP contribution in [0.15, 0.2) is 88.7 Å². The van der Waals surface area contributed by atoms with E-state index < -0.39 is 11.2 Å². The number of para-hydroxylation sites is 1. The Bertz CT molecular complexity index is 1880. The van der Waals surface area contributed by atoms with Crippen LogP contribution < -0.4 is 11.2 Å². The summed E-state index contributed by atoms with van der Waals surface area (Å²) in [5, 5.41) is 10.5. The first-order valence-electron chi connectivity index (χ1n) is 10.5. The fourth-order valence-corrected chi connectivity index (χ4v) is 4.41. The van der Waals surface area contributed by atoms with Crippen molar-refractivity contribution in [3.63, 3.8) is 0 Å². The highest BCUT2D eigenvalue weighted by Crippen LogP contribution is 2.30. The minimum atomic E-state index is -0.637. The molecule has 0 aliphatic heterocycles. The first-order valence-corrected chi connectivity index (χ1v) is 11.3. The number of benzene rings is 3. The van der Waals surface area contributed by atoms with E-state index in [9.17, 15) is 9.59 Å². The fourth-order valence-electron chi connectivity index (χ4n) is 4.12. The molecule has 6 aromatic rings. The SMILES string of the molecule is O=c1[nH]c(-c2ccc(Cl)c(Cl)c2)c(-n2nnc3ccccc32)c(=O)n1-c1cncc2ccccc12. The Morgan fingerprint density at radius 2 is 1.66 bits per heavy atom. The molecule has 0 saturated heterocycles. The third-order valence-electron chi connectivity index (χ3n) is 5.74. The first-order chi connectivity index (χ1) is 17.0. The smallest absolute Gasteiger partial charge is 0.304 e. The van der Waals surface area contributed by atoms with Crippen LogP contribution in [0.4, 0.5) is 0 Å². The van der Waals surface area contributed by atoms with Gasteiger partial charge in [-0.3, -0.25) is 9.78 Å². The normalized spacial score (nSPS) is 11.4. The molecule has 3 aromatic heterocycles. The molecule has 10 heteroatoms. The Labute approximate surface area is 207 Å².